The van der Waals surface area contributed by atoms with Crippen molar-refractivity contribution < 1.29 is 9.53 Å². The summed E-state index contributed by atoms with van der Waals surface area (Å²) in [6, 6.07) is 5.52. The maximum absolute atomic E-state index is 12.3. The second-order valence-corrected chi connectivity index (χ2v) is 5.90. The zero-order valence-electron chi connectivity index (χ0n) is 12.4. The molecule has 2 heterocycles. The smallest absolute Gasteiger partial charge is 0.226 e. The van der Waals surface area contributed by atoms with Crippen LogP contribution in [0.4, 0.5) is 0 Å². The van der Waals surface area contributed by atoms with Crippen LogP contribution < -0.4 is 10.1 Å². The van der Waals surface area contributed by atoms with Gasteiger partial charge in [-0.05, 0) is 25.0 Å². The van der Waals surface area contributed by atoms with Crippen molar-refractivity contribution in [2.24, 2.45) is 7.05 Å². The van der Waals surface area contributed by atoms with Gasteiger partial charge in [-0.15, -0.1) is 0 Å². The molecule has 2 aromatic rings. The lowest BCUT2D eigenvalue weighted by Gasteiger charge is -2.18. The van der Waals surface area contributed by atoms with Crippen molar-refractivity contribution in [3.05, 3.63) is 47.0 Å². The number of rotatable bonds is 3. The summed E-state index contributed by atoms with van der Waals surface area (Å²) in [5, 5.41) is 3.74. The number of fused-ring (bicyclic) bond motifs is 1. The number of ether oxygens (including phenoxy) is 1. The van der Waals surface area contributed by atoms with Gasteiger partial charge in [0.25, 0.3) is 0 Å². The van der Waals surface area contributed by atoms with Crippen molar-refractivity contribution in [2.75, 3.05) is 6.61 Å². The molecule has 22 heavy (non-hydrogen) atoms. The number of aryl methyl sites for hydroxylation is 1. The molecule has 6 heteroatoms. The standard InChI is InChI=1S/C16H18ClN3O2/c1-20-10-18-9-12(20)8-16(21)19-14-3-2-6-22-15-7-11(17)4-5-13(14)15/h4-5,7,9-10,14H,2-3,6,8H2,1H3,(H,19,21)/t14-/m0/s1. The minimum absolute atomic E-state index is 0.0172. The molecule has 0 fully saturated rings. The molecule has 1 aliphatic heterocycles. The first-order chi connectivity index (χ1) is 10.6. The Kier molecular flexibility index (Phi) is 4.34. The molecule has 1 aromatic carbocycles. The zero-order chi connectivity index (χ0) is 15.5. The van der Waals surface area contributed by atoms with Gasteiger partial charge < -0.3 is 14.6 Å². The van der Waals surface area contributed by atoms with Crippen LogP contribution in [-0.2, 0) is 18.3 Å². The fourth-order valence-corrected chi connectivity index (χ4v) is 2.82. The van der Waals surface area contributed by atoms with Crippen molar-refractivity contribution in [3.8, 4) is 5.75 Å². The van der Waals surface area contributed by atoms with Gasteiger partial charge in [0.05, 0.1) is 25.4 Å². The van der Waals surface area contributed by atoms with E-state index in [0.29, 0.717) is 18.1 Å². The maximum atomic E-state index is 12.3. The molecule has 1 aliphatic rings. The van der Waals surface area contributed by atoms with E-state index in [1.165, 1.54) is 0 Å². The molecular weight excluding hydrogens is 302 g/mol. The number of benzene rings is 1. The van der Waals surface area contributed by atoms with E-state index in [2.05, 4.69) is 10.3 Å². The van der Waals surface area contributed by atoms with Gasteiger partial charge in [0.2, 0.25) is 5.91 Å². The average Bonchev–Trinajstić information content (AvgIpc) is 2.77. The van der Waals surface area contributed by atoms with E-state index in [1.807, 2.05) is 29.8 Å². The van der Waals surface area contributed by atoms with Gasteiger partial charge in [-0.2, -0.15) is 0 Å². The summed E-state index contributed by atoms with van der Waals surface area (Å²) in [6.07, 6.45) is 5.47. The Morgan fingerprint density at radius 3 is 3.18 bits per heavy atom. The highest BCUT2D eigenvalue weighted by Crippen LogP contribution is 2.33. The summed E-state index contributed by atoms with van der Waals surface area (Å²) < 4.78 is 7.57. The minimum Gasteiger partial charge on any atom is -0.493 e. The van der Waals surface area contributed by atoms with Crippen LogP contribution in [0.15, 0.2) is 30.7 Å². The molecule has 0 radical (unpaired) electrons. The van der Waals surface area contributed by atoms with Gasteiger partial charge >= 0.3 is 0 Å². The number of halogens is 1. The summed E-state index contributed by atoms with van der Waals surface area (Å²) in [6.45, 7) is 0.640. The van der Waals surface area contributed by atoms with Gasteiger partial charge in [-0.25, -0.2) is 4.98 Å². The number of hydrogen-bond acceptors (Lipinski definition) is 3. The first-order valence-electron chi connectivity index (χ1n) is 7.30. The molecule has 5 nitrogen and oxygen atoms in total. The van der Waals surface area contributed by atoms with Gasteiger partial charge in [-0.1, -0.05) is 17.7 Å². The van der Waals surface area contributed by atoms with Crippen LogP contribution in [0, 0.1) is 0 Å². The van der Waals surface area contributed by atoms with E-state index in [0.717, 1.165) is 29.8 Å². The van der Waals surface area contributed by atoms with Crippen LogP contribution >= 0.6 is 11.6 Å². The predicted octanol–water partition coefficient (Wildman–Crippen LogP) is 2.65. The predicted molar refractivity (Wildman–Crippen MR) is 84.0 cm³/mol. The Bertz CT molecular complexity index is 684. The SMILES string of the molecule is Cn1cncc1CC(=O)N[C@H]1CCCOc2cc(Cl)ccc21. The quantitative estimate of drug-likeness (QED) is 0.946. The second-order valence-electron chi connectivity index (χ2n) is 5.47. The van der Waals surface area contributed by atoms with Gasteiger partial charge in [-0.3, -0.25) is 4.79 Å². The van der Waals surface area contributed by atoms with Crippen LogP contribution in [-0.4, -0.2) is 22.1 Å². The number of hydrogen-bond donors (Lipinski definition) is 1. The van der Waals surface area contributed by atoms with Gasteiger partial charge in [0.1, 0.15) is 5.75 Å². The van der Waals surface area contributed by atoms with Crippen molar-refractivity contribution in [3.63, 3.8) is 0 Å². The number of imidazole rings is 1. The van der Waals surface area contributed by atoms with Crippen LogP contribution in [0.5, 0.6) is 5.75 Å². The third-order valence-corrected chi connectivity index (χ3v) is 4.07. The lowest BCUT2D eigenvalue weighted by atomic mass is 10.0. The third-order valence-electron chi connectivity index (χ3n) is 3.84. The van der Waals surface area contributed by atoms with Crippen LogP contribution in [0.3, 0.4) is 0 Å². The highest BCUT2D eigenvalue weighted by Gasteiger charge is 2.22. The van der Waals surface area contributed by atoms with Crippen LogP contribution in [0.25, 0.3) is 0 Å². The van der Waals surface area contributed by atoms with Crippen molar-refractivity contribution in [2.45, 2.75) is 25.3 Å². The lowest BCUT2D eigenvalue weighted by Crippen LogP contribution is -2.30. The maximum Gasteiger partial charge on any atom is 0.226 e. The summed E-state index contributed by atoms with van der Waals surface area (Å²) in [4.78, 5) is 16.3. The Labute approximate surface area is 134 Å². The average molecular weight is 320 g/mol. The first kappa shape index (κ1) is 14.9. The number of amides is 1. The third kappa shape index (κ3) is 3.25. The molecule has 1 N–H and O–H groups in total. The summed E-state index contributed by atoms with van der Waals surface area (Å²) in [5.41, 5.74) is 1.87. The molecule has 3 rings (SSSR count). The second kappa shape index (κ2) is 6.40. The largest absolute Gasteiger partial charge is 0.493 e. The van der Waals surface area contributed by atoms with E-state index in [4.69, 9.17) is 16.3 Å². The highest BCUT2D eigenvalue weighted by molar-refractivity contribution is 6.30. The number of aromatic nitrogens is 2. The Hall–Kier alpha value is -2.01. The molecule has 0 saturated heterocycles. The molecule has 1 atom stereocenters. The molecule has 1 aromatic heterocycles. The summed E-state index contributed by atoms with van der Waals surface area (Å²) >= 11 is 6.02. The van der Waals surface area contributed by atoms with Crippen LogP contribution in [0.2, 0.25) is 5.02 Å². The number of carbonyl (C=O) groups excluding carboxylic acids is 1. The van der Waals surface area contributed by atoms with Crippen molar-refractivity contribution >= 4 is 17.5 Å². The number of carbonyl (C=O) groups is 1. The van der Waals surface area contributed by atoms with E-state index >= 15 is 0 Å². The molecule has 116 valence electrons. The minimum atomic E-state index is -0.0458. The lowest BCUT2D eigenvalue weighted by molar-refractivity contribution is -0.121. The van der Waals surface area contributed by atoms with E-state index < -0.39 is 0 Å². The van der Waals surface area contributed by atoms with E-state index in [1.54, 1.807) is 12.5 Å². The molecular formula is C16H18ClN3O2. The zero-order valence-corrected chi connectivity index (χ0v) is 13.1. The summed E-state index contributed by atoms with van der Waals surface area (Å²) in [7, 11) is 1.88. The number of nitrogens with zero attached hydrogens (tertiary/aromatic N) is 2. The topological polar surface area (TPSA) is 56.2 Å². The highest BCUT2D eigenvalue weighted by atomic mass is 35.5. The normalized spacial score (nSPS) is 17.3. The van der Waals surface area contributed by atoms with Gasteiger partial charge in [0, 0.05) is 29.5 Å². The molecule has 0 saturated carbocycles. The summed E-state index contributed by atoms with van der Waals surface area (Å²) in [5.74, 6) is 0.743. The molecule has 1 amide bonds. The first-order valence-corrected chi connectivity index (χ1v) is 7.68. The van der Waals surface area contributed by atoms with Gasteiger partial charge in [0.15, 0.2) is 0 Å². The molecule has 0 unspecified atom stereocenters. The van der Waals surface area contributed by atoms with Crippen molar-refractivity contribution in [1.82, 2.24) is 14.9 Å². The molecule has 0 spiro atoms. The Morgan fingerprint density at radius 1 is 1.55 bits per heavy atom. The van der Waals surface area contributed by atoms with E-state index in [9.17, 15) is 4.79 Å². The molecule has 0 aliphatic carbocycles. The van der Waals surface area contributed by atoms with Crippen LogP contribution in [0.1, 0.15) is 30.1 Å². The van der Waals surface area contributed by atoms with E-state index in [-0.39, 0.29) is 11.9 Å². The van der Waals surface area contributed by atoms with Crippen molar-refractivity contribution in [1.29, 1.82) is 0 Å². The number of nitrogens with one attached hydrogen (secondary N) is 1. The fourth-order valence-electron chi connectivity index (χ4n) is 2.66. The monoisotopic (exact) mass is 319 g/mol. The fraction of sp³-hybridized carbons (Fsp3) is 0.375. The Morgan fingerprint density at radius 2 is 2.41 bits per heavy atom. The Balaban J connectivity index is 1.75. The molecule has 0 bridgehead atoms.